The first kappa shape index (κ1) is 14.1. The highest BCUT2D eigenvalue weighted by atomic mass is 32.2. The van der Waals surface area contributed by atoms with Gasteiger partial charge < -0.3 is 15.6 Å². The summed E-state index contributed by atoms with van der Waals surface area (Å²) >= 11 is 0. The third-order valence-corrected chi connectivity index (χ3v) is 4.91. The van der Waals surface area contributed by atoms with Crippen LogP contribution >= 0.6 is 0 Å². The molecule has 0 spiro atoms. The SMILES string of the molecule is CC1CN(S(=O)(=O)c2ccc(O)c(N)c2)CCCO1. The van der Waals surface area contributed by atoms with Crippen LogP contribution in [0.5, 0.6) is 5.75 Å². The van der Waals surface area contributed by atoms with E-state index in [1.54, 1.807) is 0 Å². The van der Waals surface area contributed by atoms with Crippen LogP contribution < -0.4 is 5.73 Å². The quantitative estimate of drug-likeness (QED) is 0.619. The van der Waals surface area contributed by atoms with E-state index < -0.39 is 10.0 Å². The molecule has 1 fully saturated rings. The van der Waals surface area contributed by atoms with Crippen molar-refractivity contribution in [3.63, 3.8) is 0 Å². The molecule has 1 unspecified atom stereocenters. The van der Waals surface area contributed by atoms with Crippen molar-refractivity contribution in [1.82, 2.24) is 4.31 Å². The summed E-state index contributed by atoms with van der Waals surface area (Å²) in [5, 5.41) is 9.35. The summed E-state index contributed by atoms with van der Waals surface area (Å²) in [7, 11) is -3.60. The molecule has 1 saturated heterocycles. The first-order valence-corrected chi connectivity index (χ1v) is 7.55. The molecule has 1 aliphatic heterocycles. The maximum Gasteiger partial charge on any atom is 0.243 e. The van der Waals surface area contributed by atoms with Crippen molar-refractivity contribution in [3.05, 3.63) is 18.2 Å². The zero-order chi connectivity index (χ0) is 14.0. The van der Waals surface area contributed by atoms with Gasteiger partial charge in [-0.25, -0.2) is 8.42 Å². The Bertz CT molecular complexity index is 559. The van der Waals surface area contributed by atoms with Crippen LogP contribution in [0.15, 0.2) is 23.1 Å². The molecule has 6 nitrogen and oxygen atoms in total. The molecule has 0 aliphatic carbocycles. The standard InChI is InChI=1S/C12H18N2O4S/c1-9-8-14(5-2-6-18-9)19(16,17)10-3-4-12(15)11(13)7-10/h3-4,7,9,15H,2,5-6,8,13H2,1H3. The lowest BCUT2D eigenvalue weighted by molar-refractivity contribution is 0.0752. The second-order valence-electron chi connectivity index (χ2n) is 4.62. The summed E-state index contributed by atoms with van der Waals surface area (Å²) in [6, 6.07) is 3.93. The van der Waals surface area contributed by atoms with Gasteiger partial charge in [-0.1, -0.05) is 0 Å². The number of rotatable bonds is 2. The second-order valence-corrected chi connectivity index (χ2v) is 6.56. The number of hydrogen-bond donors (Lipinski definition) is 2. The normalized spacial score (nSPS) is 22.1. The van der Waals surface area contributed by atoms with Gasteiger partial charge in [-0.2, -0.15) is 4.31 Å². The highest BCUT2D eigenvalue weighted by Gasteiger charge is 2.28. The third-order valence-electron chi connectivity index (χ3n) is 3.05. The van der Waals surface area contributed by atoms with Crippen LogP contribution in [-0.2, 0) is 14.8 Å². The molecule has 0 amide bonds. The van der Waals surface area contributed by atoms with Gasteiger partial charge in [0.1, 0.15) is 5.75 Å². The molecule has 7 heteroatoms. The fourth-order valence-electron chi connectivity index (χ4n) is 2.02. The number of phenolic OH excluding ortho intramolecular Hbond substituents is 1. The largest absolute Gasteiger partial charge is 0.506 e. The fourth-order valence-corrected chi connectivity index (χ4v) is 3.61. The molecule has 1 heterocycles. The molecule has 0 bridgehead atoms. The first-order valence-electron chi connectivity index (χ1n) is 6.11. The van der Waals surface area contributed by atoms with E-state index in [-0.39, 0.29) is 22.4 Å². The van der Waals surface area contributed by atoms with Gasteiger partial charge >= 0.3 is 0 Å². The molecule has 2 rings (SSSR count). The molecule has 1 atom stereocenters. The zero-order valence-corrected chi connectivity index (χ0v) is 11.6. The maximum absolute atomic E-state index is 12.5. The number of hydrogen-bond acceptors (Lipinski definition) is 5. The van der Waals surface area contributed by atoms with Crippen molar-refractivity contribution in [2.45, 2.75) is 24.3 Å². The van der Waals surface area contributed by atoms with Crippen LogP contribution in [0.25, 0.3) is 0 Å². The Labute approximate surface area is 112 Å². The Morgan fingerprint density at radius 2 is 2.21 bits per heavy atom. The maximum atomic E-state index is 12.5. The topological polar surface area (TPSA) is 92.9 Å². The van der Waals surface area contributed by atoms with Crippen molar-refractivity contribution in [2.24, 2.45) is 0 Å². The lowest BCUT2D eigenvalue weighted by atomic mass is 10.3. The highest BCUT2D eigenvalue weighted by molar-refractivity contribution is 7.89. The van der Waals surface area contributed by atoms with E-state index in [1.807, 2.05) is 6.92 Å². The van der Waals surface area contributed by atoms with Gasteiger partial charge in [0, 0.05) is 19.7 Å². The molecule has 3 N–H and O–H groups in total. The molecule has 1 aromatic carbocycles. The van der Waals surface area contributed by atoms with Gasteiger partial charge in [-0.15, -0.1) is 0 Å². The number of aromatic hydroxyl groups is 1. The molecule has 1 aliphatic rings. The Morgan fingerprint density at radius 3 is 2.89 bits per heavy atom. The molecular formula is C12H18N2O4S. The average molecular weight is 286 g/mol. The van der Waals surface area contributed by atoms with E-state index >= 15 is 0 Å². The monoisotopic (exact) mass is 286 g/mol. The van der Waals surface area contributed by atoms with E-state index in [4.69, 9.17) is 10.5 Å². The van der Waals surface area contributed by atoms with Crippen molar-refractivity contribution in [2.75, 3.05) is 25.4 Å². The van der Waals surface area contributed by atoms with Crippen LogP contribution in [0.4, 0.5) is 5.69 Å². The first-order chi connectivity index (χ1) is 8.91. The van der Waals surface area contributed by atoms with Gasteiger partial charge in [0.05, 0.1) is 16.7 Å². The summed E-state index contributed by atoms with van der Waals surface area (Å²) in [6.07, 6.45) is 0.531. The van der Waals surface area contributed by atoms with Crippen LogP contribution in [0, 0.1) is 0 Å². The van der Waals surface area contributed by atoms with E-state index in [0.717, 1.165) is 0 Å². The minimum Gasteiger partial charge on any atom is -0.506 e. The number of nitrogens with two attached hydrogens (primary N) is 1. The second kappa shape index (κ2) is 5.36. The Balaban J connectivity index is 2.32. The number of sulfonamides is 1. The number of anilines is 1. The van der Waals surface area contributed by atoms with Crippen molar-refractivity contribution in [3.8, 4) is 5.75 Å². The van der Waals surface area contributed by atoms with Gasteiger partial charge in [0.15, 0.2) is 0 Å². The van der Waals surface area contributed by atoms with E-state index in [9.17, 15) is 13.5 Å². The highest BCUT2D eigenvalue weighted by Crippen LogP contribution is 2.26. The van der Waals surface area contributed by atoms with Gasteiger partial charge in [0.25, 0.3) is 0 Å². The Hall–Kier alpha value is -1.31. The molecule has 0 aromatic heterocycles. The fraction of sp³-hybridized carbons (Fsp3) is 0.500. The number of ether oxygens (including phenoxy) is 1. The minimum absolute atomic E-state index is 0.0557. The summed E-state index contributed by atoms with van der Waals surface area (Å²) in [4.78, 5) is 0.0944. The van der Waals surface area contributed by atoms with Gasteiger partial charge in [0.2, 0.25) is 10.0 Å². The lowest BCUT2D eigenvalue weighted by Gasteiger charge is -2.21. The number of benzene rings is 1. The number of phenols is 1. The molecule has 0 radical (unpaired) electrons. The van der Waals surface area contributed by atoms with Crippen LogP contribution in [0.2, 0.25) is 0 Å². The molecule has 0 saturated carbocycles. The molecule has 19 heavy (non-hydrogen) atoms. The lowest BCUT2D eigenvalue weighted by Crippen LogP contribution is -2.35. The molecular weight excluding hydrogens is 268 g/mol. The number of nitrogens with zero attached hydrogens (tertiary/aromatic N) is 1. The summed E-state index contributed by atoms with van der Waals surface area (Å²) in [6.45, 7) is 3.15. The average Bonchev–Trinajstić information content (AvgIpc) is 2.57. The summed E-state index contributed by atoms with van der Waals surface area (Å²) in [5.41, 5.74) is 5.60. The molecule has 106 valence electrons. The van der Waals surface area contributed by atoms with E-state index in [0.29, 0.717) is 26.1 Å². The van der Waals surface area contributed by atoms with Crippen LogP contribution in [0.1, 0.15) is 13.3 Å². The van der Waals surface area contributed by atoms with Crippen LogP contribution in [0.3, 0.4) is 0 Å². The van der Waals surface area contributed by atoms with Crippen molar-refractivity contribution in [1.29, 1.82) is 0 Å². The Kier molecular flexibility index (Phi) is 3.98. The van der Waals surface area contributed by atoms with Crippen molar-refractivity contribution >= 4 is 15.7 Å². The van der Waals surface area contributed by atoms with Gasteiger partial charge in [-0.05, 0) is 31.5 Å². The Morgan fingerprint density at radius 1 is 1.47 bits per heavy atom. The predicted octanol–water partition coefficient (Wildman–Crippen LogP) is 0.774. The van der Waals surface area contributed by atoms with Crippen LogP contribution in [-0.4, -0.2) is 43.6 Å². The summed E-state index contributed by atoms with van der Waals surface area (Å²) < 4.78 is 31.8. The van der Waals surface area contributed by atoms with E-state index in [1.165, 1.54) is 22.5 Å². The predicted molar refractivity (Wildman–Crippen MR) is 71.3 cm³/mol. The van der Waals surface area contributed by atoms with E-state index in [2.05, 4.69) is 0 Å². The number of nitrogen functional groups attached to an aromatic ring is 1. The third kappa shape index (κ3) is 2.99. The molecule has 1 aromatic rings. The van der Waals surface area contributed by atoms with Gasteiger partial charge in [-0.3, -0.25) is 0 Å². The zero-order valence-electron chi connectivity index (χ0n) is 10.7. The van der Waals surface area contributed by atoms with Crippen molar-refractivity contribution < 1.29 is 18.3 Å². The summed E-state index contributed by atoms with van der Waals surface area (Å²) in [5.74, 6) is -0.119. The smallest absolute Gasteiger partial charge is 0.243 e. The minimum atomic E-state index is -3.60.